The first-order valence-corrected chi connectivity index (χ1v) is 9.28. The molecule has 0 bridgehead atoms. The zero-order valence-electron chi connectivity index (χ0n) is 14.4. The summed E-state index contributed by atoms with van der Waals surface area (Å²) in [6, 6.07) is 11.7. The van der Waals surface area contributed by atoms with Crippen LogP contribution in [0.25, 0.3) is 10.9 Å². The van der Waals surface area contributed by atoms with Crippen LogP contribution in [0.15, 0.2) is 42.5 Å². The molecule has 26 heavy (non-hydrogen) atoms. The first kappa shape index (κ1) is 17.3. The lowest BCUT2D eigenvalue weighted by Gasteiger charge is -2.27. The number of halogens is 2. The molecule has 0 fully saturated rings. The normalized spacial score (nSPS) is 14.5. The highest BCUT2D eigenvalue weighted by Crippen LogP contribution is 2.29. The van der Waals surface area contributed by atoms with Crippen LogP contribution < -0.4 is 0 Å². The number of nitrogens with one attached hydrogen (secondary N) is 1. The fraction of sp³-hybridized carbons (Fsp3) is 0.286. The van der Waals surface area contributed by atoms with Crippen LogP contribution in [0.2, 0.25) is 5.02 Å². The van der Waals surface area contributed by atoms with E-state index in [-0.39, 0.29) is 11.6 Å². The van der Waals surface area contributed by atoms with Gasteiger partial charge in [-0.2, -0.15) is 0 Å². The molecule has 4 rings (SSSR count). The maximum Gasteiger partial charge on any atom is 0.162 e. The van der Waals surface area contributed by atoms with Gasteiger partial charge in [0.15, 0.2) is 5.78 Å². The number of fused-ring (bicyclic) bond motifs is 3. The highest BCUT2D eigenvalue weighted by Gasteiger charge is 2.20. The van der Waals surface area contributed by atoms with Gasteiger partial charge >= 0.3 is 0 Å². The lowest BCUT2D eigenvalue weighted by Crippen LogP contribution is -2.31. The van der Waals surface area contributed by atoms with E-state index < -0.39 is 0 Å². The van der Waals surface area contributed by atoms with Gasteiger partial charge in [-0.3, -0.25) is 9.69 Å². The maximum atomic E-state index is 12.9. The van der Waals surface area contributed by atoms with E-state index in [1.807, 2.05) is 18.2 Å². The molecule has 1 aliphatic rings. The Bertz CT molecular complexity index is 949. The number of rotatable bonds is 5. The average molecular weight is 371 g/mol. The molecule has 0 unspecified atom stereocenters. The molecule has 2 heterocycles. The van der Waals surface area contributed by atoms with Gasteiger partial charge in [-0.1, -0.05) is 11.6 Å². The summed E-state index contributed by atoms with van der Waals surface area (Å²) in [5.41, 5.74) is 4.32. The van der Waals surface area contributed by atoms with Crippen molar-refractivity contribution in [2.24, 2.45) is 0 Å². The van der Waals surface area contributed by atoms with E-state index >= 15 is 0 Å². The second-order valence-electron chi connectivity index (χ2n) is 6.83. The number of ketones is 1. The first-order valence-electron chi connectivity index (χ1n) is 8.90. The smallest absolute Gasteiger partial charge is 0.162 e. The Labute approximate surface area is 156 Å². The number of aromatic nitrogens is 1. The fourth-order valence-corrected chi connectivity index (χ4v) is 3.85. The third kappa shape index (κ3) is 3.53. The zero-order chi connectivity index (χ0) is 18.1. The summed E-state index contributed by atoms with van der Waals surface area (Å²) >= 11 is 6.15. The molecule has 5 heteroatoms. The van der Waals surface area contributed by atoms with Crippen LogP contribution in [0.1, 0.15) is 34.5 Å². The van der Waals surface area contributed by atoms with Gasteiger partial charge in [-0.25, -0.2) is 4.39 Å². The minimum atomic E-state index is -0.315. The molecule has 0 saturated carbocycles. The van der Waals surface area contributed by atoms with Crippen molar-refractivity contribution in [2.75, 3.05) is 13.1 Å². The summed E-state index contributed by atoms with van der Waals surface area (Å²) in [6.07, 6.45) is 2.26. The Morgan fingerprint density at radius 3 is 2.81 bits per heavy atom. The number of Topliss-reactive ketones (excluding diaryl/α,β-unsaturated/α-hetero) is 1. The number of H-pyrrole nitrogens is 1. The van der Waals surface area contributed by atoms with E-state index in [1.165, 1.54) is 28.8 Å². The largest absolute Gasteiger partial charge is 0.358 e. The SMILES string of the molecule is O=C(CCCN1CCc2[nH]c3ccc(Cl)cc3c2C1)c1ccc(F)cc1. The van der Waals surface area contributed by atoms with Crippen molar-refractivity contribution in [3.05, 3.63) is 70.1 Å². The Hall–Kier alpha value is -2.17. The van der Waals surface area contributed by atoms with E-state index in [4.69, 9.17) is 11.6 Å². The van der Waals surface area contributed by atoms with Gasteiger partial charge in [0, 0.05) is 53.1 Å². The van der Waals surface area contributed by atoms with Gasteiger partial charge in [-0.15, -0.1) is 0 Å². The molecule has 1 aliphatic heterocycles. The summed E-state index contributed by atoms with van der Waals surface area (Å²) in [4.78, 5) is 18.1. The molecule has 1 N–H and O–H groups in total. The molecule has 0 aliphatic carbocycles. The van der Waals surface area contributed by atoms with Crippen LogP contribution in [0, 0.1) is 5.82 Å². The maximum absolute atomic E-state index is 12.9. The molecule has 0 radical (unpaired) electrons. The second-order valence-corrected chi connectivity index (χ2v) is 7.27. The van der Waals surface area contributed by atoms with Crippen molar-refractivity contribution in [1.82, 2.24) is 9.88 Å². The van der Waals surface area contributed by atoms with E-state index in [0.717, 1.165) is 43.0 Å². The van der Waals surface area contributed by atoms with Crippen LogP contribution in [0.3, 0.4) is 0 Å². The molecule has 134 valence electrons. The quantitative estimate of drug-likeness (QED) is 0.643. The molecule has 3 nitrogen and oxygen atoms in total. The number of hydrogen-bond donors (Lipinski definition) is 1. The first-order chi connectivity index (χ1) is 12.6. The topological polar surface area (TPSA) is 36.1 Å². The van der Waals surface area contributed by atoms with Crippen LogP contribution in [0.4, 0.5) is 4.39 Å². The van der Waals surface area contributed by atoms with E-state index in [0.29, 0.717) is 12.0 Å². The van der Waals surface area contributed by atoms with Gasteiger partial charge in [0.25, 0.3) is 0 Å². The van der Waals surface area contributed by atoms with Crippen molar-refractivity contribution in [1.29, 1.82) is 0 Å². The van der Waals surface area contributed by atoms with Crippen LogP contribution >= 0.6 is 11.6 Å². The van der Waals surface area contributed by atoms with E-state index in [9.17, 15) is 9.18 Å². The number of carbonyl (C=O) groups excluding carboxylic acids is 1. The van der Waals surface area contributed by atoms with Crippen molar-refractivity contribution in [3.63, 3.8) is 0 Å². The highest BCUT2D eigenvalue weighted by molar-refractivity contribution is 6.31. The number of hydrogen-bond acceptors (Lipinski definition) is 2. The Kier molecular flexibility index (Phi) is 4.79. The Morgan fingerprint density at radius 1 is 1.19 bits per heavy atom. The summed E-state index contributed by atoms with van der Waals surface area (Å²) in [7, 11) is 0. The monoisotopic (exact) mass is 370 g/mol. The summed E-state index contributed by atoms with van der Waals surface area (Å²) < 4.78 is 12.9. The van der Waals surface area contributed by atoms with E-state index in [2.05, 4.69) is 9.88 Å². The van der Waals surface area contributed by atoms with Crippen LogP contribution in [-0.2, 0) is 13.0 Å². The number of benzene rings is 2. The van der Waals surface area contributed by atoms with Crippen molar-refractivity contribution >= 4 is 28.3 Å². The summed E-state index contributed by atoms with van der Waals surface area (Å²) in [5, 5.41) is 1.95. The predicted molar refractivity (Wildman–Crippen MR) is 102 cm³/mol. The number of carbonyl (C=O) groups is 1. The third-order valence-corrected chi connectivity index (χ3v) is 5.30. The van der Waals surface area contributed by atoms with Gasteiger partial charge < -0.3 is 4.98 Å². The number of aromatic amines is 1. The van der Waals surface area contributed by atoms with Crippen molar-refractivity contribution < 1.29 is 9.18 Å². The Morgan fingerprint density at radius 2 is 2.00 bits per heavy atom. The molecular weight excluding hydrogens is 351 g/mol. The number of nitrogens with zero attached hydrogens (tertiary/aromatic N) is 1. The third-order valence-electron chi connectivity index (χ3n) is 5.06. The average Bonchev–Trinajstić information content (AvgIpc) is 2.99. The standard InChI is InChI=1S/C21H20ClFN2O/c22-15-5-8-19-17(12-15)18-13-25(11-9-20(18)24-19)10-1-2-21(26)14-3-6-16(23)7-4-14/h3-8,12,24H,1-2,9-11,13H2. The molecule has 1 aromatic heterocycles. The van der Waals surface area contributed by atoms with Gasteiger partial charge in [0.05, 0.1) is 0 Å². The highest BCUT2D eigenvalue weighted by atomic mass is 35.5. The second kappa shape index (κ2) is 7.22. The minimum Gasteiger partial charge on any atom is -0.358 e. The fourth-order valence-electron chi connectivity index (χ4n) is 3.68. The molecule has 3 aromatic rings. The minimum absolute atomic E-state index is 0.0709. The molecule has 0 atom stereocenters. The van der Waals surface area contributed by atoms with Crippen LogP contribution in [0.5, 0.6) is 0 Å². The lowest BCUT2D eigenvalue weighted by molar-refractivity contribution is 0.0973. The van der Waals surface area contributed by atoms with Gasteiger partial charge in [0.2, 0.25) is 0 Å². The zero-order valence-corrected chi connectivity index (χ0v) is 15.2. The predicted octanol–water partition coefficient (Wildman–Crippen LogP) is 4.98. The molecule has 0 amide bonds. The summed E-state index contributed by atoms with van der Waals surface area (Å²) in [5.74, 6) is -0.244. The molecule has 2 aromatic carbocycles. The van der Waals surface area contributed by atoms with Crippen molar-refractivity contribution in [3.8, 4) is 0 Å². The summed E-state index contributed by atoms with van der Waals surface area (Å²) in [6.45, 7) is 2.73. The molecular formula is C21H20ClFN2O. The van der Waals surface area contributed by atoms with Crippen molar-refractivity contribution in [2.45, 2.75) is 25.8 Å². The molecule has 0 spiro atoms. The van der Waals surface area contributed by atoms with Gasteiger partial charge in [0.1, 0.15) is 5.82 Å². The van der Waals surface area contributed by atoms with Crippen LogP contribution in [-0.4, -0.2) is 28.8 Å². The Balaban J connectivity index is 1.37. The van der Waals surface area contributed by atoms with E-state index in [1.54, 1.807) is 12.1 Å². The molecule has 0 saturated heterocycles. The van der Waals surface area contributed by atoms with Gasteiger partial charge in [-0.05, 0) is 61.0 Å². The lowest BCUT2D eigenvalue weighted by atomic mass is 10.0.